The van der Waals surface area contributed by atoms with Crippen LogP contribution in [0.1, 0.15) is 24.1 Å². The van der Waals surface area contributed by atoms with Gasteiger partial charge in [-0.15, -0.1) is 0 Å². The van der Waals surface area contributed by atoms with Crippen molar-refractivity contribution in [2.75, 3.05) is 11.9 Å². The molecule has 0 fully saturated rings. The molecule has 0 aliphatic heterocycles. The van der Waals surface area contributed by atoms with Crippen LogP contribution in [0.15, 0.2) is 47.8 Å². The molecule has 1 aromatic carbocycles. The number of rotatable bonds is 4. The van der Waals surface area contributed by atoms with Crippen LogP contribution < -0.4 is 10.6 Å². The standard InChI is InChI=1S/C15H17FN4O/c1-10(12-5-3-4-6-13(12)16)20(2)14-8-7-11(9-18-14)15(17)19-21/h3-10,21H,1-2H3,(H2,17,19). The highest BCUT2D eigenvalue weighted by Gasteiger charge is 2.16. The Hall–Kier alpha value is -2.63. The summed E-state index contributed by atoms with van der Waals surface area (Å²) in [5, 5.41) is 11.5. The summed E-state index contributed by atoms with van der Waals surface area (Å²) in [5.74, 6) is 0.421. The number of hydrogen-bond acceptors (Lipinski definition) is 4. The minimum Gasteiger partial charge on any atom is -0.409 e. The zero-order valence-corrected chi connectivity index (χ0v) is 11.9. The number of pyridine rings is 1. The molecule has 2 rings (SSSR count). The van der Waals surface area contributed by atoms with Gasteiger partial charge in [0, 0.05) is 24.4 Å². The number of benzene rings is 1. The Morgan fingerprint density at radius 1 is 1.33 bits per heavy atom. The molecule has 3 N–H and O–H groups in total. The first-order valence-electron chi connectivity index (χ1n) is 6.45. The van der Waals surface area contributed by atoms with Gasteiger partial charge in [0.15, 0.2) is 5.84 Å². The Balaban J connectivity index is 2.24. The van der Waals surface area contributed by atoms with Gasteiger partial charge in [-0.05, 0) is 25.1 Å². The van der Waals surface area contributed by atoms with E-state index in [1.165, 1.54) is 12.3 Å². The maximum absolute atomic E-state index is 13.8. The van der Waals surface area contributed by atoms with Crippen molar-refractivity contribution in [3.63, 3.8) is 0 Å². The summed E-state index contributed by atoms with van der Waals surface area (Å²) < 4.78 is 13.8. The van der Waals surface area contributed by atoms with Crippen LogP contribution in [0, 0.1) is 5.82 Å². The van der Waals surface area contributed by atoms with Gasteiger partial charge in [0.2, 0.25) is 0 Å². The van der Waals surface area contributed by atoms with Gasteiger partial charge in [-0.25, -0.2) is 9.37 Å². The number of aromatic nitrogens is 1. The lowest BCUT2D eigenvalue weighted by molar-refractivity contribution is 0.318. The summed E-state index contributed by atoms with van der Waals surface area (Å²) in [7, 11) is 1.84. The average Bonchev–Trinajstić information content (AvgIpc) is 2.53. The minimum atomic E-state index is -0.245. The van der Waals surface area contributed by atoms with Gasteiger partial charge in [0.05, 0.1) is 6.04 Å². The Kier molecular flexibility index (Phi) is 4.37. The number of amidine groups is 1. The minimum absolute atomic E-state index is 0.00106. The second-order valence-electron chi connectivity index (χ2n) is 4.70. The molecule has 0 aliphatic carbocycles. The van der Waals surface area contributed by atoms with E-state index in [1.54, 1.807) is 30.3 Å². The molecule has 1 heterocycles. The largest absolute Gasteiger partial charge is 0.409 e. The molecule has 6 heteroatoms. The fourth-order valence-electron chi connectivity index (χ4n) is 2.02. The molecule has 1 unspecified atom stereocenters. The van der Waals surface area contributed by atoms with E-state index in [9.17, 15) is 4.39 Å². The number of nitrogens with zero attached hydrogens (tertiary/aromatic N) is 3. The topological polar surface area (TPSA) is 74.7 Å². The zero-order valence-electron chi connectivity index (χ0n) is 11.9. The lowest BCUT2D eigenvalue weighted by Gasteiger charge is -2.26. The van der Waals surface area contributed by atoms with Gasteiger partial charge < -0.3 is 15.8 Å². The molecular formula is C15H17FN4O. The van der Waals surface area contributed by atoms with Crippen LogP contribution in [0.4, 0.5) is 10.2 Å². The second-order valence-corrected chi connectivity index (χ2v) is 4.70. The van der Waals surface area contributed by atoms with E-state index < -0.39 is 0 Å². The summed E-state index contributed by atoms with van der Waals surface area (Å²) in [6.07, 6.45) is 1.51. The zero-order chi connectivity index (χ0) is 15.4. The van der Waals surface area contributed by atoms with Crippen molar-refractivity contribution in [3.05, 3.63) is 59.5 Å². The average molecular weight is 288 g/mol. The number of hydrogen-bond donors (Lipinski definition) is 2. The third kappa shape index (κ3) is 3.10. The van der Waals surface area contributed by atoms with Crippen LogP contribution in [0.5, 0.6) is 0 Å². The Morgan fingerprint density at radius 3 is 2.62 bits per heavy atom. The maximum atomic E-state index is 13.8. The van der Waals surface area contributed by atoms with E-state index in [2.05, 4.69) is 10.1 Å². The molecule has 0 aliphatic rings. The van der Waals surface area contributed by atoms with Gasteiger partial charge in [0.25, 0.3) is 0 Å². The number of nitrogens with two attached hydrogens (primary N) is 1. The van der Waals surface area contributed by atoms with E-state index >= 15 is 0 Å². The van der Waals surface area contributed by atoms with Gasteiger partial charge in [-0.2, -0.15) is 0 Å². The predicted molar refractivity (Wildman–Crippen MR) is 80.0 cm³/mol. The van der Waals surface area contributed by atoms with E-state index in [-0.39, 0.29) is 17.7 Å². The summed E-state index contributed by atoms with van der Waals surface area (Å²) >= 11 is 0. The highest BCUT2D eigenvalue weighted by Crippen LogP contribution is 2.25. The van der Waals surface area contributed by atoms with E-state index in [1.807, 2.05) is 18.9 Å². The summed E-state index contributed by atoms with van der Waals surface area (Å²) in [5.41, 5.74) is 6.61. The van der Waals surface area contributed by atoms with Crippen molar-refractivity contribution < 1.29 is 9.60 Å². The third-order valence-corrected chi connectivity index (χ3v) is 3.45. The molecular weight excluding hydrogens is 271 g/mol. The van der Waals surface area contributed by atoms with Crippen LogP contribution >= 0.6 is 0 Å². The quantitative estimate of drug-likeness (QED) is 0.392. The van der Waals surface area contributed by atoms with Crippen LogP contribution in [-0.2, 0) is 0 Å². The van der Waals surface area contributed by atoms with Crippen LogP contribution in [-0.4, -0.2) is 23.1 Å². The maximum Gasteiger partial charge on any atom is 0.171 e. The summed E-state index contributed by atoms with van der Waals surface area (Å²) in [6.45, 7) is 1.90. The van der Waals surface area contributed by atoms with Gasteiger partial charge >= 0.3 is 0 Å². The van der Waals surface area contributed by atoms with Crippen molar-refractivity contribution in [2.24, 2.45) is 10.9 Å². The highest BCUT2D eigenvalue weighted by atomic mass is 19.1. The first-order valence-corrected chi connectivity index (χ1v) is 6.45. The molecule has 2 aromatic rings. The van der Waals surface area contributed by atoms with Crippen molar-refractivity contribution in [3.8, 4) is 0 Å². The third-order valence-electron chi connectivity index (χ3n) is 3.45. The molecule has 1 atom stereocenters. The van der Waals surface area contributed by atoms with Crippen LogP contribution in [0.2, 0.25) is 0 Å². The van der Waals surface area contributed by atoms with Gasteiger partial charge in [-0.1, -0.05) is 23.4 Å². The summed E-state index contributed by atoms with van der Waals surface area (Å²) in [6, 6.07) is 9.92. The second kappa shape index (κ2) is 6.21. The first kappa shape index (κ1) is 14.8. The van der Waals surface area contributed by atoms with Crippen LogP contribution in [0.25, 0.3) is 0 Å². The number of halogens is 1. The molecule has 0 radical (unpaired) electrons. The SMILES string of the molecule is CC(c1ccccc1F)N(C)c1ccc(C(N)=NO)cn1. The van der Waals surface area contributed by atoms with Gasteiger partial charge in [0.1, 0.15) is 11.6 Å². The number of anilines is 1. The molecule has 21 heavy (non-hydrogen) atoms. The molecule has 0 saturated carbocycles. The molecule has 110 valence electrons. The van der Waals surface area contributed by atoms with Crippen molar-refractivity contribution in [1.82, 2.24) is 4.98 Å². The van der Waals surface area contributed by atoms with Crippen molar-refractivity contribution in [1.29, 1.82) is 0 Å². The lowest BCUT2D eigenvalue weighted by atomic mass is 10.1. The fourth-order valence-corrected chi connectivity index (χ4v) is 2.02. The summed E-state index contributed by atoms with van der Waals surface area (Å²) in [4.78, 5) is 6.11. The molecule has 0 saturated heterocycles. The van der Waals surface area contributed by atoms with E-state index in [4.69, 9.17) is 10.9 Å². The molecule has 5 nitrogen and oxygen atoms in total. The fraction of sp³-hybridized carbons (Fsp3) is 0.200. The van der Waals surface area contributed by atoms with Gasteiger partial charge in [-0.3, -0.25) is 0 Å². The smallest absolute Gasteiger partial charge is 0.171 e. The Morgan fingerprint density at radius 2 is 2.05 bits per heavy atom. The molecule has 1 aromatic heterocycles. The van der Waals surface area contributed by atoms with E-state index in [0.29, 0.717) is 16.9 Å². The highest BCUT2D eigenvalue weighted by molar-refractivity contribution is 5.96. The van der Waals surface area contributed by atoms with Crippen molar-refractivity contribution in [2.45, 2.75) is 13.0 Å². The molecule has 0 bridgehead atoms. The monoisotopic (exact) mass is 288 g/mol. The molecule has 0 spiro atoms. The normalized spacial score (nSPS) is 13.0. The van der Waals surface area contributed by atoms with E-state index in [0.717, 1.165) is 0 Å². The molecule has 0 amide bonds. The lowest BCUT2D eigenvalue weighted by Crippen LogP contribution is -2.23. The Bertz CT molecular complexity index is 642. The Labute approximate surface area is 122 Å². The van der Waals surface area contributed by atoms with Crippen molar-refractivity contribution >= 4 is 11.7 Å². The first-order chi connectivity index (χ1) is 10.0. The number of oxime groups is 1. The predicted octanol–water partition coefficient (Wildman–Crippen LogP) is 2.51. The van der Waals surface area contributed by atoms with Crippen LogP contribution in [0.3, 0.4) is 0 Å².